The Hall–Kier alpha value is -3.05. The highest BCUT2D eigenvalue weighted by Crippen LogP contribution is 2.30. The predicted molar refractivity (Wildman–Crippen MR) is 110 cm³/mol. The van der Waals surface area contributed by atoms with Crippen LogP contribution in [0.1, 0.15) is 41.1 Å². The van der Waals surface area contributed by atoms with Gasteiger partial charge in [0.15, 0.2) is 0 Å². The van der Waals surface area contributed by atoms with Crippen molar-refractivity contribution in [3.63, 3.8) is 0 Å². The zero-order valence-electron chi connectivity index (χ0n) is 16.9. The molecule has 0 spiro atoms. The van der Waals surface area contributed by atoms with Crippen LogP contribution >= 0.6 is 11.3 Å². The number of alkyl halides is 3. The van der Waals surface area contributed by atoms with Crippen LogP contribution in [0.15, 0.2) is 42.2 Å². The summed E-state index contributed by atoms with van der Waals surface area (Å²) in [4.78, 5) is 23.9. The van der Waals surface area contributed by atoms with Crippen molar-refractivity contribution < 1.29 is 27.4 Å². The van der Waals surface area contributed by atoms with E-state index in [2.05, 4.69) is 20.3 Å². The summed E-state index contributed by atoms with van der Waals surface area (Å²) in [6.07, 6.45) is -0.176. The number of amides is 1. The Labute approximate surface area is 185 Å². The van der Waals surface area contributed by atoms with Crippen LogP contribution in [0.25, 0.3) is 10.6 Å². The highest BCUT2D eigenvalue weighted by Gasteiger charge is 2.34. The van der Waals surface area contributed by atoms with E-state index in [-0.39, 0.29) is 6.10 Å². The van der Waals surface area contributed by atoms with Gasteiger partial charge in [-0.25, -0.2) is 15.0 Å². The zero-order chi connectivity index (χ0) is 22.7. The van der Waals surface area contributed by atoms with E-state index in [1.54, 1.807) is 25.3 Å². The number of aromatic nitrogens is 3. The fourth-order valence-electron chi connectivity index (χ4n) is 3.16. The van der Waals surface area contributed by atoms with Gasteiger partial charge in [0.1, 0.15) is 16.9 Å². The molecule has 2 aromatic heterocycles. The second-order valence-corrected chi connectivity index (χ2v) is 8.11. The summed E-state index contributed by atoms with van der Waals surface area (Å²) in [6, 6.07) is 4.53. The summed E-state index contributed by atoms with van der Waals surface area (Å²) < 4.78 is 49.3. The lowest BCUT2D eigenvalue weighted by atomic mass is 10.1. The van der Waals surface area contributed by atoms with E-state index in [0.717, 1.165) is 29.4 Å². The molecule has 0 aliphatic carbocycles. The number of hydrogen-bond acceptors (Lipinski definition) is 7. The molecule has 0 radical (unpaired) electrons. The quantitative estimate of drug-likeness (QED) is 0.586. The maximum Gasteiger partial charge on any atom is 0.451 e. The molecule has 7 nitrogen and oxygen atoms in total. The lowest BCUT2D eigenvalue weighted by molar-refractivity contribution is -0.145. The summed E-state index contributed by atoms with van der Waals surface area (Å²) in [6.45, 7) is 2.74. The van der Waals surface area contributed by atoms with E-state index in [1.807, 2.05) is 11.4 Å². The first-order chi connectivity index (χ1) is 15.3. The highest BCUT2D eigenvalue weighted by molar-refractivity contribution is 7.13. The molecule has 3 heterocycles. The number of hydrogen-bond donors (Lipinski definition) is 1. The first-order valence-corrected chi connectivity index (χ1v) is 10.7. The standard InChI is InChI=1S/C21H19F3N4O3S/c1-12(15-9-26-20(27-10-15)21(22,23)24)28-18(29)13-6-14(19-25-3-5-32-19)8-17(7-13)31-16-2-4-30-11-16/h3,5-10,12,16H,2,4,11H2,1H3,(H,28,29)/t12-,16-/m1/s1. The van der Waals surface area contributed by atoms with Gasteiger partial charge in [-0.05, 0) is 25.1 Å². The third kappa shape index (κ3) is 5.22. The molecule has 0 unspecified atom stereocenters. The Balaban J connectivity index is 1.54. The van der Waals surface area contributed by atoms with Gasteiger partial charge in [-0.15, -0.1) is 11.3 Å². The lowest BCUT2D eigenvalue weighted by Crippen LogP contribution is -2.27. The molecule has 2 atom stereocenters. The summed E-state index contributed by atoms with van der Waals surface area (Å²) in [5.74, 6) is -1.12. The van der Waals surface area contributed by atoms with Gasteiger partial charge in [-0.3, -0.25) is 4.79 Å². The maximum atomic E-state index is 12.9. The van der Waals surface area contributed by atoms with Gasteiger partial charge in [0.2, 0.25) is 5.82 Å². The topological polar surface area (TPSA) is 86.2 Å². The molecule has 1 aliphatic rings. The Morgan fingerprint density at radius 2 is 2.03 bits per heavy atom. The van der Waals surface area contributed by atoms with Crippen molar-refractivity contribution in [2.45, 2.75) is 31.7 Å². The molecule has 32 heavy (non-hydrogen) atoms. The number of nitrogens with one attached hydrogen (secondary N) is 1. The fraction of sp³-hybridized carbons (Fsp3) is 0.333. The van der Waals surface area contributed by atoms with E-state index in [9.17, 15) is 18.0 Å². The van der Waals surface area contributed by atoms with Crippen molar-refractivity contribution in [3.8, 4) is 16.3 Å². The predicted octanol–water partition coefficient (Wildman–Crippen LogP) is 4.28. The maximum absolute atomic E-state index is 12.9. The lowest BCUT2D eigenvalue weighted by Gasteiger charge is -2.17. The van der Waals surface area contributed by atoms with Gasteiger partial charge in [0.25, 0.3) is 5.91 Å². The number of benzene rings is 1. The first-order valence-electron chi connectivity index (χ1n) is 9.79. The number of nitrogens with zero attached hydrogens (tertiary/aromatic N) is 3. The number of carbonyl (C=O) groups is 1. The third-order valence-electron chi connectivity index (χ3n) is 4.81. The molecule has 1 fully saturated rings. The number of carbonyl (C=O) groups excluding carboxylic acids is 1. The summed E-state index contributed by atoms with van der Waals surface area (Å²) in [7, 11) is 0. The molecular formula is C21H19F3N4O3S. The van der Waals surface area contributed by atoms with Gasteiger partial charge in [-0.1, -0.05) is 0 Å². The monoisotopic (exact) mass is 464 g/mol. The molecule has 1 saturated heterocycles. The van der Waals surface area contributed by atoms with E-state index >= 15 is 0 Å². The fourth-order valence-corrected chi connectivity index (χ4v) is 3.78. The van der Waals surface area contributed by atoms with Gasteiger partial charge >= 0.3 is 6.18 Å². The third-order valence-corrected chi connectivity index (χ3v) is 5.63. The SMILES string of the molecule is C[C@@H](NC(=O)c1cc(O[C@@H]2CCOC2)cc(-c2nccs2)c1)c1cnc(C(F)(F)F)nc1. The van der Waals surface area contributed by atoms with Crippen LogP contribution in [0.2, 0.25) is 0 Å². The van der Waals surface area contributed by atoms with E-state index in [0.29, 0.717) is 30.1 Å². The van der Waals surface area contributed by atoms with Crippen LogP contribution in [-0.2, 0) is 10.9 Å². The molecule has 11 heteroatoms. The Kier molecular flexibility index (Phi) is 6.38. The van der Waals surface area contributed by atoms with Crippen LogP contribution in [-0.4, -0.2) is 40.2 Å². The van der Waals surface area contributed by atoms with Crippen molar-refractivity contribution in [1.29, 1.82) is 0 Å². The van der Waals surface area contributed by atoms with Crippen molar-refractivity contribution in [1.82, 2.24) is 20.3 Å². The number of rotatable bonds is 6. The minimum absolute atomic E-state index is 0.0966. The van der Waals surface area contributed by atoms with Crippen LogP contribution in [0.5, 0.6) is 5.75 Å². The molecule has 1 aromatic carbocycles. The average Bonchev–Trinajstić information content (AvgIpc) is 3.47. The average molecular weight is 464 g/mol. The second-order valence-electron chi connectivity index (χ2n) is 7.22. The van der Waals surface area contributed by atoms with Crippen molar-refractivity contribution in [2.75, 3.05) is 13.2 Å². The van der Waals surface area contributed by atoms with Crippen molar-refractivity contribution in [2.24, 2.45) is 0 Å². The molecule has 3 aromatic rings. The molecule has 1 N–H and O–H groups in total. The van der Waals surface area contributed by atoms with Crippen molar-refractivity contribution in [3.05, 3.63) is 59.1 Å². The molecular weight excluding hydrogens is 445 g/mol. The van der Waals surface area contributed by atoms with E-state index in [1.165, 1.54) is 11.3 Å². The number of ether oxygens (including phenoxy) is 2. The van der Waals surface area contributed by atoms with Gasteiger partial charge in [-0.2, -0.15) is 13.2 Å². The Bertz CT molecular complexity index is 1070. The summed E-state index contributed by atoms with van der Waals surface area (Å²) in [5, 5.41) is 5.33. The number of halogens is 3. The smallest absolute Gasteiger partial charge is 0.451 e. The summed E-state index contributed by atoms with van der Waals surface area (Å²) >= 11 is 1.43. The zero-order valence-corrected chi connectivity index (χ0v) is 17.7. The van der Waals surface area contributed by atoms with Gasteiger partial charge in [0.05, 0.1) is 19.3 Å². The van der Waals surface area contributed by atoms with Crippen LogP contribution < -0.4 is 10.1 Å². The highest BCUT2D eigenvalue weighted by atomic mass is 32.1. The van der Waals surface area contributed by atoms with Crippen LogP contribution in [0.4, 0.5) is 13.2 Å². The molecule has 0 bridgehead atoms. The van der Waals surface area contributed by atoms with Crippen LogP contribution in [0, 0.1) is 0 Å². The summed E-state index contributed by atoms with van der Waals surface area (Å²) in [5.41, 5.74) is 1.42. The largest absolute Gasteiger partial charge is 0.488 e. The van der Waals surface area contributed by atoms with Crippen LogP contribution in [0.3, 0.4) is 0 Å². The molecule has 168 valence electrons. The Morgan fingerprint density at radius 3 is 2.66 bits per heavy atom. The first kappa shape index (κ1) is 22.2. The second kappa shape index (κ2) is 9.21. The molecule has 1 aliphatic heterocycles. The number of thiazole rings is 1. The van der Waals surface area contributed by atoms with E-state index < -0.39 is 23.9 Å². The minimum atomic E-state index is -4.62. The van der Waals surface area contributed by atoms with Gasteiger partial charge in [0, 0.05) is 47.1 Å². The molecule has 1 amide bonds. The van der Waals surface area contributed by atoms with E-state index in [4.69, 9.17) is 9.47 Å². The Morgan fingerprint density at radius 1 is 1.25 bits per heavy atom. The minimum Gasteiger partial charge on any atom is -0.488 e. The normalized spacial score (nSPS) is 17.2. The molecule has 4 rings (SSSR count). The van der Waals surface area contributed by atoms with Crippen molar-refractivity contribution >= 4 is 17.2 Å². The van der Waals surface area contributed by atoms with Gasteiger partial charge < -0.3 is 14.8 Å². The molecule has 0 saturated carbocycles.